The lowest BCUT2D eigenvalue weighted by atomic mass is 10.1. The first-order valence-corrected chi connectivity index (χ1v) is 7.70. The predicted molar refractivity (Wildman–Crippen MR) is 73.6 cm³/mol. The molecule has 1 atom stereocenters. The summed E-state index contributed by atoms with van der Waals surface area (Å²) in [6.07, 6.45) is 2.52. The average Bonchev–Trinajstić information content (AvgIpc) is 2.39. The minimum absolute atomic E-state index is 0.0310. The molecule has 1 aromatic carbocycles. The van der Waals surface area contributed by atoms with Crippen molar-refractivity contribution in [3.63, 3.8) is 0 Å². The lowest BCUT2D eigenvalue weighted by Crippen LogP contribution is -2.10. The Bertz CT molecular complexity index is 657. The summed E-state index contributed by atoms with van der Waals surface area (Å²) < 4.78 is 22.8. The van der Waals surface area contributed by atoms with Gasteiger partial charge in [0.15, 0.2) is 0 Å². The van der Waals surface area contributed by atoms with Crippen molar-refractivity contribution >= 4 is 15.7 Å². The van der Waals surface area contributed by atoms with Crippen LogP contribution in [-0.4, -0.2) is 24.6 Å². The van der Waals surface area contributed by atoms with Gasteiger partial charge in [-0.05, 0) is 18.6 Å². The molecule has 2 aromatic rings. The lowest BCUT2D eigenvalue weighted by molar-refractivity contribution is 0.593. The molecule has 5 nitrogen and oxygen atoms in total. The van der Waals surface area contributed by atoms with Crippen LogP contribution in [0, 0.1) is 0 Å². The molecule has 0 bridgehead atoms. The van der Waals surface area contributed by atoms with E-state index in [0.717, 1.165) is 11.8 Å². The Labute approximate surface area is 112 Å². The molecule has 1 heterocycles. The van der Waals surface area contributed by atoms with Crippen molar-refractivity contribution in [2.45, 2.75) is 18.1 Å². The van der Waals surface area contributed by atoms with Gasteiger partial charge in [-0.15, -0.1) is 0 Å². The molecular weight excluding hydrogens is 262 g/mol. The highest BCUT2D eigenvalue weighted by Gasteiger charge is 2.12. The number of hydrogen-bond donors (Lipinski definition) is 1. The second kappa shape index (κ2) is 5.36. The highest BCUT2D eigenvalue weighted by Crippen LogP contribution is 2.17. The fourth-order valence-corrected chi connectivity index (χ4v) is 2.16. The van der Waals surface area contributed by atoms with Crippen molar-refractivity contribution in [2.24, 2.45) is 0 Å². The Morgan fingerprint density at radius 3 is 2.47 bits per heavy atom. The standard InChI is InChI=1S/C13H15N3O2S/c1-10(11-6-4-3-5-7-11)15-12-8-9-14-13(16-12)19(2,17)18/h3-10H,1-2H3,(H,14,15,16). The van der Waals surface area contributed by atoms with Crippen molar-refractivity contribution < 1.29 is 8.42 Å². The van der Waals surface area contributed by atoms with Gasteiger partial charge in [-0.25, -0.2) is 18.4 Å². The zero-order valence-electron chi connectivity index (χ0n) is 10.7. The summed E-state index contributed by atoms with van der Waals surface area (Å²) in [7, 11) is -3.39. The highest BCUT2D eigenvalue weighted by molar-refractivity contribution is 7.90. The van der Waals surface area contributed by atoms with Crippen LogP contribution in [0.3, 0.4) is 0 Å². The Balaban J connectivity index is 2.20. The first-order chi connectivity index (χ1) is 8.97. The molecule has 1 unspecified atom stereocenters. The van der Waals surface area contributed by atoms with E-state index in [1.165, 1.54) is 6.20 Å². The van der Waals surface area contributed by atoms with Crippen LogP contribution >= 0.6 is 0 Å². The molecule has 0 aliphatic rings. The van der Waals surface area contributed by atoms with Crippen molar-refractivity contribution in [3.8, 4) is 0 Å². The normalized spacial score (nSPS) is 12.9. The number of aromatic nitrogens is 2. The maximum absolute atomic E-state index is 11.4. The SMILES string of the molecule is CC(Nc1ccnc(S(C)(=O)=O)n1)c1ccccc1. The van der Waals surface area contributed by atoms with E-state index >= 15 is 0 Å². The van der Waals surface area contributed by atoms with E-state index in [4.69, 9.17) is 0 Å². The van der Waals surface area contributed by atoms with Crippen molar-refractivity contribution in [3.05, 3.63) is 48.2 Å². The third-order valence-corrected chi connectivity index (χ3v) is 3.49. The van der Waals surface area contributed by atoms with E-state index in [0.29, 0.717) is 5.82 Å². The minimum atomic E-state index is -3.39. The van der Waals surface area contributed by atoms with E-state index in [9.17, 15) is 8.42 Å². The summed E-state index contributed by atoms with van der Waals surface area (Å²) in [4.78, 5) is 7.75. The average molecular weight is 277 g/mol. The summed E-state index contributed by atoms with van der Waals surface area (Å²) in [6.45, 7) is 1.98. The molecule has 2 rings (SSSR count). The van der Waals surface area contributed by atoms with Gasteiger partial charge in [0.2, 0.25) is 15.0 Å². The summed E-state index contributed by atoms with van der Waals surface area (Å²) in [5.74, 6) is 0.492. The molecule has 1 N–H and O–H groups in total. The van der Waals surface area contributed by atoms with Crippen molar-refractivity contribution in [2.75, 3.05) is 11.6 Å². The molecule has 0 radical (unpaired) electrons. The van der Waals surface area contributed by atoms with Crippen molar-refractivity contribution in [1.82, 2.24) is 9.97 Å². The van der Waals surface area contributed by atoms with Gasteiger partial charge in [-0.2, -0.15) is 0 Å². The van der Waals surface area contributed by atoms with Gasteiger partial charge < -0.3 is 5.32 Å². The van der Waals surface area contributed by atoms with Crippen molar-refractivity contribution in [1.29, 1.82) is 0 Å². The van der Waals surface area contributed by atoms with Crippen LogP contribution in [-0.2, 0) is 9.84 Å². The summed E-state index contributed by atoms with van der Waals surface area (Å²) >= 11 is 0. The maximum atomic E-state index is 11.4. The number of hydrogen-bond acceptors (Lipinski definition) is 5. The van der Waals surface area contributed by atoms with Crippen LogP contribution < -0.4 is 5.32 Å². The first-order valence-electron chi connectivity index (χ1n) is 5.81. The summed E-state index contributed by atoms with van der Waals surface area (Å²) in [5, 5.41) is 2.99. The quantitative estimate of drug-likeness (QED) is 0.866. The Hall–Kier alpha value is -1.95. The molecule has 0 spiro atoms. The summed E-state index contributed by atoms with van der Waals surface area (Å²) in [5.41, 5.74) is 1.10. The van der Waals surface area contributed by atoms with Gasteiger partial charge >= 0.3 is 0 Å². The molecule has 0 fully saturated rings. The van der Waals surface area contributed by atoms with Gasteiger partial charge in [0.1, 0.15) is 5.82 Å². The van der Waals surface area contributed by atoms with Crippen LogP contribution in [0.15, 0.2) is 47.8 Å². The number of rotatable bonds is 4. The number of nitrogens with one attached hydrogen (secondary N) is 1. The second-order valence-corrected chi connectivity index (χ2v) is 6.18. The number of anilines is 1. The molecule has 0 saturated heterocycles. The maximum Gasteiger partial charge on any atom is 0.248 e. The molecule has 1 aromatic heterocycles. The van der Waals surface area contributed by atoms with E-state index in [1.54, 1.807) is 6.07 Å². The Kier molecular flexibility index (Phi) is 3.80. The summed E-state index contributed by atoms with van der Waals surface area (Å²) in [6, 6.07) is 11.5. The third kappa shape index (κ3) is 3.51. The molecule has 0 aliphatic carbocycles. The van der Waals surface area contributed by atoms with E-state index in [-0.39, 0.29) is 11.2 Å². The topological polar surface area (TPSA) is 72.0 Å². The first kappa shape index (κ1) is 13.5. The number of nitrogens with zero attached hydrogens (tertiary/aromatic N) is 2. The second-order valence-electron chi connectivity index (χ2n) is 4.27. The molecule has 19 heavy (non-hydrogen) atoms. The van der Waals surface area contributed by atoms with E-state index < -0.39 is 9.84 Å². The molecule has 100 valence electrons. The number of sulfone groups is 1. The van der Waals surface area contributed by atoms with E-state index in [2.05, 4.69) is 15.3 Å². The Morgan fingerprint density at radius 1 is 1.16 bits per heavy atom. The largest absolute Gasteiger partial charge is 0.363 e. The minimum Gasteiger partial charge on any atom is -0.363 e. The molecular formula is C13H15N3O2S. The fourth-order valence-electron chi connectivity index (χ4n) is 1.65. The van der Waals surface area contributed by atoms with Crippen LogP contribution in [0.2, 0.25) is 0 Å². The smallest absolute Gasteiger partial charge is 0.248 e. The molecule has 6 heteroatoms. The van der Waals surface area contributed by atoms with Crippen LogP contribution in [0.4, 0.5) is 5.82 Å². The predicted octanol–water partition coefficient (Wildman–Crippen LogP) is 2.05. The van der Waals surface area contributed by atoms with Crippen LogP contribution in [0.1, 0.15) is 18.5 Å². The van der Waals surface area contributed by atoms with E-state index in [1.807, 2.05) is 37.3 Å². The van der Waals surface area contributed by atoms with Gasteiger partial charge in [0.25, 0.3) is 0 Å². The van der Waals surface area contributed by atoms with Gasteiger partial charge in [0.05, 0.1) is 0 Å². The Morgan fingerprint density at radius 2 is 1.84 bits per heavy atom. The van der Waals surface area contributed by atoms with Crippen LogP contribution in [0.5, 0.6) is 0 Å². The highest BCUT2D eigenvalue weighted by atomic mass is 32.2. The zero-order chi connectivity index (χ0) is 13.9. The molecule has 0 aliphatic heterocycles. The monoisotopic (exact) mass is 277 g/mol. The zero-order valence-corrected chi connectivity index (χ0v) is 11.6. The fraction of sp³-hybridized carbons (Fsp3) is 0.231. The lowest BCUT2D eigenvalue weighted by Gasteiger charge is -2.14. The molecule has 0 amide bonds. The third-order valence-electron chi connectivity index (χ3n) is 2.63. The van der Waals surface area contributed by atoms with Gasteiger partial charge in [-0.3, -0.25) is 0 Å². The van der Waals surface area contributed by atoms with Gasteiger partial charge in [-0.1, -0.05) is 30.3 Å². The van der Waals surface area contributed by atoms with Gasteiger partial charge in [0, 0.05) is 18.5 Å². The molecule has 0 saturated carbocycles. The number of benzene rings is 1. The van der Waals surface area contributed by atoms with Crippen LogP contribution in [0.25, 0.3) is 0 Å².